The van der Waals surface area contributed by atoms with Gasteiger partial charge >= 0.3 is 5.97 Å². The number of rotatable bonds is 7. The normalized spacial score (nSPS) is 10.7. The average Bonchev–Trinajstić information content (AvgIpc) is 2.78. The minimum Gasteiger partial charge on any atom is -0.493 e. The third-order valence-corrected chi connectivity index (χ3v) is 4.60. The number of benzene rings is 1. The first-order chi connectivity index (χ1) is 10.5. The van der Waals surface area contributed by atoms with Gasteiger partial charge in [-0.05, 0) is 44.4 Å². The van der Waals surface area contributed by atoms with Crippen LogP contribution < -0.4 is 4.74 Å². The van der Waals surface area contributed by atoms with E-state index in [-0.39, 0.29) is 6.42 Å². The maximum Gasteiger partial charge on any atom is 0.308 e. The first-order valence-corrected chi connectivity index (χ1v) is 8.14. The van der Waals surface area contributed by atoms with E-state index in [1.165, 1.54) is 16.9 Å². The zero-order chi connectivity index (χ0) is 16.1. The Hall–Kier alpha value is -1.88. The molecular weight excluding hydrogens is 298 g/mol. The third kappa shape index (κ3) is 4.56. The van der Waals surface area contributed by atoms with E-state index in [0.717, 1.165) is 39.7 Å². The number of aromatic nitrogens is 1. The Morgan fingerprint density at radius 2 is 2.09 bits per heavy atom. The number of carbonyl (C=O) groups is 1. The van der Waals surface area contributed by atoms with Crippen LogP contribution in [0.1, 0.15) is 33.1 Å². The Bertz CT molecular complexity index is 664. The largest absolute Gasteiger partial charge is 0.493 e. The van der Waals surface area contributed by atoms with E-state index in [0.29, 0.717) is 6.61 Å². The number of carboxylic acids is 1. The fraction of sp³-hybridized carbons (Fsp3) is 0.412. The molecule has 1 N–H and O–H groups in total. The van der Waals surface area contributed by atoms with Crippen LogP contribution in [0, 0.1) is 20.8 Å². The number of carboxylic acid groups (broad SMARTS) is 1. The molecule has 0 aliphatic heterocycles. The van der Waals surface area contributed by atoms with Gasteiger partial charge in [-0.1, -0.05) is 12.1 Å². The van der Waals surface area contributed by atoms with Gasteiger partial charge in [0.25, 0.3) is 0 Å². The molecule has 0 amide bonds. The van der Waals surface area contributed by atoms with Crippen molar-refractivity contribution in [1.82, 2.24) is 4.98 Å². The summed E-state index contributed by atoms with van der Waals surface area (Å²) in [6.07, 6.45) is 1.74. The Morgan fingerprint density at radius 1 is 1.32 bits per heavy atom. The lowest BCUT2D eigenvalue weighted by molar-refractivity contribution is -0.136. The van der Waals surface area contributed by atoms with E-state index in [1.807, 2.05) is 19.9 Å². The van der Waals surface area contributed by atoms with E-state index in [1.54, 1.807) is 0 Å². The topological polar surface area (TPSA) is 59.4 Å². The highest BCUT2D eigenvalue weighted by Crippen LogP contribution is 2.21. The lowest BCUT2D eigenvalue weighted by Gasteiger charge is -2.09. The second-order valence-electron chi connectivity index (χ2n) is 5.41. The summed E-state index contributed by atoms with van der Waals surface area (Å²) < 4.78 is 5.82. The predicted molar refractivity (Wildman–Crippen MR) is 87.9 cm³/mol. The first-order valence-electron chi connectivity index (χ1n) is 7.32. The van der Waals surface area contributed by atoms with E-state index >= 15 is 0 Å². The van der Waals surface area contributed by atoms with Crippen LogP contribution in [0.2, 0.25) is 0 Å². The molecule has 0 aliphatic rings. The molecule has 0 radical (unpaired) electrons. The monoisotopic (exact) mass is 319 g/mol. The van der Waals surface area contributed by atoms with Gasteiger partial charge < -0.3 is 9.84 Å². The highest BCUT2D eigenvalue weighted by molar-refractivity contribution is 7.11. The van der Waals surface area contributed by atoms with Crippen molar-refractivity contribution in [3.8, 4) is 5.75 Å². The van der Waals surface area contributed by atoms with Crippen molar-refractivity contribution < 1.29 is 14.6 Å². The average molecular weight is 319 g/mol. The molecule has 1 heterocycles. The lowest BCUT2D eigenvalue weighted by Crippen LogP contribution is -2.00. The summed E-state index contributed by atoms with van der Waals surface area (Å²) in [5, 5.41) is 9.83. The second-order valence-corrected chi connectivity index (χ2v) is 6.58. The molecule has 4 nitrogen and oxygen atoms in total. The summed E-state index contributed by atoms with van der Waals surface area (Å²) in [4.78, 5) is 16.1. The summed E-state index contributed by atoms with van der Waals surface area (Å²) >= 11 is 1.49. The van der Waals surface area contributed by atoms with Crippen LogP contribution in [0.25, 0.3) is 0 Å². The maximum atomic E-state index is 10.8. The Morgan fingerprint density at radius 3 is 2.82 bits per heavy atom. The van der Waals surface area contributed by atoms with Crippen molar-refractivity contribution >= 4 is 17.3 Å². The van der Waals surface area contributed by atoms with E-state index in [2.05, 4.69) is 24.0 Å². The summed E-state index contributed by atoms with van der Waals surface area (Å²) in [5.74, 6) is 0.124. The van der Waals surface area contributed by atoms with Gasteiger partial charge in [0.2, 0.25) is 0 Å². The molecule has 0 fully saturated rings. The molecule has 0 saturated heterocycles. The van der Waals surface area contributed by atoms with Gasteiger partial charge in [0, 0.05) is 11.3 Å². The number of aliphatic carboxylic acids is 1. The molecular formula is C17H21NO3S. The van der Waals surface area contributed by atoms with Gasteiger partial charge in [-0.25, -0.2) is 4.98 Å². The SMILES string of the molecule is Cc1ccc(C)c(OCCCc2nc(C)c(CC(=O)O)s2)c1. The maximum absolute atomic E-state index is 10.8. The van der Waals surface area contributed by atoms with Gasteiger partial charge in [-0.2, -0.15) is 0 Å². The van der Waals surface area contributed by atoms with Gasteiger partial charge in [-0.3, -0.25) is 4.79 Å². The van der Waals surface area contributed by atoms with Gasteiger partial charge in [0.15, 0.2) is 0 Å². The lowest BCUT2D eigenvalue weighted by atomic mass is 10.1. The smallest absolute Gasteiger partial charge is 0.308 e. The van der Waals surface area contributed by atoms with Crippen molar-refractivity contribution in [2.45, 2.75) is 40.0 Å². The predicted octanol–water partition coefficient (Wildman–Crippen LogP) is 3.71. The van der Waals surface area contributed by atoms with Gasteiger partial charge in [0.1, 0.15) is 5.75 Å². The van der Waals surface area contributed by atoms with Crippen molar-refractivity contribution in [2.24, 2.45) is 0 Å². The Balaban J connectivity index is 1.84. The zero-order valence-electron chi connectivity index (χ0n) is 13.2. The number of nitrogens with zero attached hydrogens (tertiary/aromatic N) is 1. The van der Waals surface area contributed by atoms with Crippen molar-refractivity contribution in [3.05, 3.63) is 44.9 Å². The second kappa shape index (κ2) is 7.40. The van der Waals surface area contributed by atoms with Crippen molar-refractivity contribution in [1.29, 1.82) is 0 Å². The van der Waals surface area contributed by atoms with Crippen LogP contribution in [0.3, 0.4) is 0 Å². The van der Waals surface area contributed by atoms with Crippen LogP contribution >= 0.6 is 11.3 Å². The summed E-state index contributed by atoms with van der Waals surface area (Å²) in [6.45, 7) is 6.59. The minimum atomic E-state index is -0.809. The Kier molecular flexibility index (Phi) is 5.55. The highest BCUT2D eigenvalue weighted by Gasteiger charge is 2.10. The molecule has 1 aromatic carbocycles. The standard InChI is InChI=1S/C17H21NO3S/c1-11-6-7-12(2)14(9-11)21-8-4-5-16-18-13(3)15(22-16)10-17(19)20/h6-7,9H,4-5,8,10H2,1-3H3,(H,19,20). The number of thiazole rings is 1. The van der Waals surface area contributed by atoms with Gasteiger partial charge in [0.05, 0.1) is 23.7 Å². The van der Waals surface area contributed by atoms with Crippen molar-refractivity contribution in [2.75, 3.05) is 6.61 Å². The number of ether oxygens (including phenoxy) is 1. The summed E-state index contributed by atoms with van der Waals surface area (Å²) in [6, 6.07) is 6.19. The quantitative estimate of drug-likeness (QED) is 0.790. The highest BCUT2D eigenvalue weighted by atomic mass is 32.1. The van der Waals surface area contributed by atoms with Crippen LogP contribution in [0.15, 0.2) is 18.2 Å². The number of hydrogen-bond donors (Lipinski definition) is 1. The fourth-order valence-electron chi connectivity index (χ4n) is 2.16. The zero-order valence-corrected chi connectivity index (χ0v) is 14.0. The third-order valence-electron chi connectivity index (χ3n) is 3.38. The molecule has 118 valence electrons. The van der Waals surface area contributed by atoms with Crippen LogP contribution in [0.5, 0.6) is 5.75 Å². The molecule has 0 unspecified atom stereocenters. The Labute approximate surface area is 134 Å². The molecule has 2 aromatic rings. The number of aryl methyl sites for hydroxylation is 4. The van der Waals surface area contributed by atoms with E-state index in [4.69, 9.17) is 9.84 Å². The van der Waals surface area contributed by atoms with E-state index in [9.17, 15) is 4.79 Å². The van der Waals surface area contributed by atoms with E-state index < -0.39 is 5.97 Å². The number of hydrogen-bond acceptors (Lipinski definition) is 4. The molecule has 22 heavy (non-hydrogen) atoms. The molecule has 0 aliphatic carbocycles. The minimum absolute atomic E-state index is 0.0580. The molecule has 0 atom stereocenters. The molecule has 0 bridgehead atoms. The van der Waals surface area contributed by atoms with Crippen LogP contribution in [-0.4, -0.2) is 22.7 Å². The summed E-state index contributed by atoms with van der Waals surface area (Å²) in [7, 11) is 0. The molecule has 1 aromatic heterocycles. The molecule has 0 saturated carbocycles. The fourth-order valence-corrected chi connectivity index (χ4v) is 3.27. The van der Waals surface area contributed by atoms with Crippen LogP contribution in [0.4, 0.5) is 0 Å². The van der Waals surface area contributed by atoms with Gasteiger partial charge in [-0.15, -0.1) is 11.3 Å². The van der Waals surface area contributed by atoms with Crippen LogP contribution in [-0.2, 0) is 17.6 Å². The summed E-state index contributed by atoms with van der Waals surface area (Å²) in [5.41, 5.74) is 3.16. The van der Waals surface area contributed by atoms with Crippen molar-refractivity contribution in [3.63, 3.8) is 0 Å². The molecule has 2 rings (SSSR count). The molecule has 0 spiro atoms. The first kappa shape index (κ1) is 16.5. The molecule has 5 heteroatoms.